The minimum absolute atomic E-state index is 0.105. The number of anilines is 2. The Kier molecular flexibility index (Phi) is 4.01. The van der Waals surface area contributed by atoms with E-state index in [1.807, 2.05) is 49.4 Å². The van der Waals surface area contributed by atoms with Crippen LogP contribution in [0.1, 0.15) is 23.6 Å². The molecule has 3 rings (SSSR count). The Bertz CT molecular complexity index is 802. The van der Waals surface area contributed by atoms with E-state index in [1.165, 1.54) is 6.21 Å². The lowest BCUT2D eigenvalue weighted by atomic mass is 9.77. The summed E-state index contributed by atoms with van der Waals surface area (Å²) >= 11 is 0. The number of hydrogen-bond acceptors (Lipinski definition) is 3. The summed E-state index contributed by atoms with van der Waals surface area (Å²) in [6.07, 6.45) is 2.14. The maximum atomic E-state index is 11.9. The summed E-state index contributed by atoms with van der Waals surface area (Å²) in [5.41, 5.74) is 10.1. The van der Waals surface area contributed by atoms with Gasteiger partial charge in [-0.15, -0.1) is 0 Å². The van der Waals surface area contributed by atoms with Crippen molar-refractivity contribution in [2.24, 2.45) is 0 Å². The number of nitrogen functional groups attached to an aromatic ring is 1. The number of carbonyl (C=O) groups is 1. The second-order valence-electron chi connectivity index (χ2n) is 6.64. The molecule has 0 unspecified atom stereocenters. The van der Waals surface area contributed by atoms with E-state index in [1.54, 1.807) is 11.9 Å². The maximum Gasteiger partial charge on any atom is 0.321 e. The van der Waals surface area contributed by atoms with E-state index in [4.69, 9.17) is 11.1 Å². The molecule has 0 fully saturated rings. The zero-order valence-corrected chi connectivity index (χ0v) is 14.0. The van der Waals surface area contributed by atoms with Crippen LogP contribution in [0.3, 0.4) is 0 Å². The van der Waals surface area contributed by atoms with Crippen molar-refractivity contribution < 1.29 is 4.79 Å². The van der Waals surface area contributed by atoms with E-state index in [9.17, 15) is 4.79 Å². The number of carbonyl (C=O) groups excluding carboxylic acids is 1. The van der Waals surface area contributed by atoms with Crippen molar-refractivity contribution in [3.63, 3.8) is 0 Å². The van der Waals surface area contributed by atoms with Crippen molar-refractivity contribution in [1.82, 2.24) is 4.90 Å². The van der Waals surface area contributed by atoms with E-state index < -0.39 is 5.41 Å². The second-order valence-corrected chi connectivity index (χ2v) is 6.64. The summed E-state index contributed by atoms with van der Waals surface area (Å²) in [5.74, 6) is 0. The smallest absolute Gasteiger partial charge is 0.321 e. The van der Waals surface area contributed by atoms with Gasteiger partial charge in [-0.05, 0) is 41.3 Å². The molecule has 2 aromatic carbocycles. The highest BCUT2D eigenvalue weighted by molar-refractivity contribution is 5.92. The molecule has 124 valence electrons. The van der Waals surface area contributed by atoms with Crippen molar-refractivity contribution in [3.8, 4) is 0 Å². The average Bonchev–Trinajstić information content (AvgIpc) is 2.55. The SMILES string of the molecule is CN1Cc2ccc([C@](C)(C=N)Cc3cccc(N)c3)cc2NC1=O. The number of fused-ring (bicyclic) bond motifs is 1. The molecule has 0 spiro atoms. The molecule has 2 amide bonds. The Labute approximate surface area is 142 Å². The molecule has 4 N–H and O–H groups in total. The number of nitrogens with two attached hydrogens (primary N) is 1. The fraction of sp³-hybridized carbons (Fsp3) is 0.263. The van der Waals surface area contributed by atoms with Gasteiger partial charge in [0.1, 0.15) is 0 Å². The van der Waals surface area contributed by atoms with Gasteiger partial charge in [-0.25, -0.2) is 4.79 Å². The standard InChI is InChI=1S/C19H22N4O/c1-19(12-20,10-13-4-3-5-16(21)8-13)15-7-6-14-11-23(2)18(24)22-17(14)9-15/h3-9,12,20H,10-11,21H2,1-2H3,(H,22,24)/t19-/m0/s1. The largest absolute Gasteiger partial charge is 0.399 e. The van der Waals surface area contributed by atoms with Crippen LogP contribution in [0.4, 0.5) is 16.2 Å². The number of hydrogen-bond donors (Lipinski definition) is 3. The Balaban J connectivity index is 1.94. The Morgan fingerprint density at radius 3 is 2.83 bits per heavy atom. The van der Waals surface area contributed by atoms with E-state index >= 15 is 0 Å². The number of benzene rings is 2. The Morgan fingerprint density at radius 1 is 1.33 bits per heavy atom. The molecular formula is C19H22N4O. The van der Waals surface area contributed by atoms with Gasteiger partial charge < -0.3 is 21.4 Å². The fourth-order valence-electron chi connectivity index (χ4n) is 3.09. The van der Waals surface area contributed by atoms with Gasteiger partial charge >= 0.3 is 6.03 Å². The van der Waals surface area contributed by atoms with Crippen molar-refractivity contribution in [2.45, 2.75) is 25.3 Å². The van der Waals surface area contributed by atoms with Crippen LogP contribution >= 0.6 is 0 Å². The van der Waals surface area contributed by atoms with Crippen molar-refractivity contribution in [1.29, 1.82) is 5.41 Å². The highest BCUT2D eigenvalue weighted by Crippen LogP contribution is 2.32. The molecule has 0 bridgehead atoms. The molecule has 2 aromatic rings. The third-order valence-electron chi connectivity index (χ3n) is 4.61. The average molecular weight is 322 g/mol. The maximum absolute atomic E-state index is 11.9. The molecule has 1 aliphatic rings. The highest BCUT2D eigenvalue weighted by atomic mass is 16.2. The molecule has 5 nitrogen and oxygen atoms in total. The first kappa shape index (κ1) is 16.1. The number of amides is 2. The molecule has 1 atom stereocenters. The van der Waals surface area contributed by atoms with Crippen LogP contribution in [-0.4, -0.2) is 24.2 Å². The summed E-state index contributed by atoms with van der Waals surface area (Å²) in [6.45, 7) is 2.62. The van der Waals surface area contributed by atoms with Crippen LogP contribution in [0.2, 0.25) is 0 Å². The quantitative estimate of drug-likeness (QED) is 0.595. The van der Waals surface area contributed by atoms with E-state index in [-0.39, 0.29) is 6.03 Å². The van der Waals surface area contributed by atoms with Crippen LogP contribution in [0.5, 0.6) is 0 Å². The van der Waals surface area contributed by atoms with Crippen molar-refractivity contribution in [2.75, 3.05) is 18.1 Å². The molecule has 0 aliphatic carbocycles. The molecule has 0 radical (unpaired) electrons. The van der Waals surface area contributed by atoms with Gasteiger partial charge in [0.15, 0.2) is 0 Å². The zero-order valence-electron chi connectivity index (χ0n) is 14.0. The fourth-order valence-corrected chi connectivity index (χ4v) is 3.09. The van der Waals surface area contributed by atoms with Gasteiger partial charge in [-0.2, -0.15) is 0 Å². The molecule has 5 heteroatoms. The van der Waals surface area contributed by atoms with Crippen LogP contribution in [0, 0.1) is 5.41 Å². The minimum Gasteiger partial charge on any atom is -0.399 e. The third-order valence-corrected chi connectivity index (χ3v) is 4.61. The zero-order chi connectivity index (χ0) is 17.3. The van der Waals surface area contributed by atoms with Crippen molar-refractivity contribution >= 4 is 23.6 Å². The topological polar surface area (TPSA) is 82.2 Å². The predicted molar refractivity (Wildman–Crippen MR) is 97.6 cm³/mol. The first-order chi connectivity index (χ1) is 11.4. The Morgan fingerprint density at radius 2 is 2.12 bits per heavy atom. The number of rotatable bonds is 4. The number of urea groups is 1. The molecule has 0 saturated heterocycles. The lowest BCUT2D eigenvalue weighted by molar-refractivity contribution is 0.218. The lowest BCUT2D eigenvalue weighted by Gasteiger charge is -2.30. The van der Waals surface area contributed by atoms with Crippen molar-refractivity contribution in [3.05, 3.63) is 59.2 Å². The number of nitrogens with zero attached hydrogens (tertiary/aromatic N) is 1. The highest BCUT2D eigenvalue weighted by Gasteiger charge is 2.27. The minimum atomic E-state index is -0.461. The van der Waals surface area contributed by atoms with Gasteiger partial charge in [-0.1, -0.05) is 31.2 Å². The van der Waals surface area contributed by atoms with Gasteiger partial charge in [0.2, 0.25) is 0 Å². The van der Waals surface area contributed by atoms with Gasteiger partial charge in [0.25, 0.3) is 0 Å². The third kappa shape index (κ3) is 2.97. The summed E-state index contributed by atoms with van der Waals surface area (Å²) in [4.78, 5) is 13.5. The summed E-state index contributed by atoms with van der Waals surface area (Å²) in [5, 5.41) is 10.9. The Hall–Kier alpha value is -2.82. The van der Waals surface area contributed by atoms with Crippen LogP contribution in [0.15, 0.2) is 42.5 Å². The van der Waals surface area contributed by atoms with Crippen LogP contribution < -0.4 is 11.1 Å². The molecular weight excluding hydrogens is 300 g/mol. The van der Waals surface area contributed by atoms with E-state index in [2.05, 4.69) is 5.32 Å². The van der Waals surface area contributed by atoms with E-state index in [0.29, 0.717) is 13.0 Å². The molecule has 0 saturated carbocycles. The monoisotopic (exact) mass is 322 g/mol. The molecule has 0 aromatic heterocycles. The molecule has 1 aliphatic heterocycles. The summed E-state index contributed by atoms with van der Waals surface area (Å²) in [6, 6.07) is 13.7. The molecule has 1 heterocycles. The number of nitrogens with one attached hydrogen (secondary N) is 2. The van der Waals surface area contributed by atoms with Crippen LogP contribution in [0.25, 0.3) is 0 Å². The lowest BCUT2D eigenvalue weighted by Crippen LogP contribution is -2.36. The van der Waals surface area contributed by atoms with Gasteiger partial charge in [0, 0.05) is 36.6 Å². The van der Waals surface area contributed by atoms with Crippen LogP contribution in [-0.2, 0) is 18.4 Å². The van der Waals surface area contributed by atoms with Gasteiger partial charge in [-0.3, -0.25) is 0 Å². The second kappa shape index (κ2) is 6.00. The summed E-state index contributed by atoms with van der Waals surface area (Å²) in [7, 11) is 1.77. The summed E-state index contributed by atoms with van der Waals surface area (Å²) < 4.78 is 0. The first-order valence-electron chi connectivity index (χ1n) is 7.93. The predicted octanol–water partition coefficient (Wildman–Crippen LogP) is 3.40. The normalized spacial score (nSPS) is 16.1. The van der Waals surface area contributed by atoms with E-state index in [0.717, 1.165) is 28.1 Å². The first-order valence-corrected chi connectivity index (χ1v) is 7.93. The van der Waals surface area contributed by atoms with Gasteiger partial charge in [0.05, 0.1) is 0 Å². The molecule has 24 heavy (non-hydrogen) atoms.